The van der Waals surface area contributed by atoms with Crippen LogP contribution in [0.5, 0.6) is 0 Å². The number of hydrogen-bond acceptors (Lipinski definition) is 1. The van der Waals surface area contributed by atoms with Crippen LogP contribution in [0.25, 0.3) is 33.5 Å². The van der Waals surface area contributed by atoms with Crippen molar-refractivity contribution in [2.45, 2.75) is 12.6 Å². The first-order valence-corrected chi connectivity index (χ1v) is 8.28. The van der Waals surface area contributed by atoms with Gasteiger partial charge in [-0.2, -0.15) is 13.2 Å². The molecule has 0 amide bonds. The Morgan fingerprint density at radius 3 is 2.46 bits per heavy atom. The first-order chi connectivity index (χ1) is 12.5. The number of benzene rings is 3. The van der Waals surface area contributed by atoms with Crippen LogP contribution in [0, 0.1) is 0 Å². The third-order valence-electron chi connectivity index (χ3n) is 4.88. The number of halogens is 3. The number of aromatic amines is 1. The Morgan fingerprint density at radius 1 is 0.846 bits per heavy atom. The minimum atomic E-state index is -4.37. The van der Waals surface area contributed by atoms with Crippen molar-refractivity contribution in [2.75, 3.05) is 0 Å². The monoisotopic (exact) mass is 350 g/mol. The number of H-pyrrole nitrogens is 1. The summed E-state index contributed by atoms with van der Waals surface area (Å²) in [5, 5.41) is 0. The van der Waals surface area contributed by atoms with Gasteiger partial charge in [0.25, 0.3) is 0 Å². The molecule has 0 saturated carbocycles. The molecule has 26 heavy (non-hydrogen) atoms. The largest absolute Gasteiger partial charge is 0.416 e. The van der Waals surface area contributed by atoms with E-state index in [2.05, 4.69) is 28.2 Å². The maximum Gasteiger partial charge on any atom is 0.416 e. The average molecular weight is 350 g/mol. The highest BCUT2D eigenvalue weighted by molar-refractivity contribution is 5.90. The summed E-state index contributed by atoms with van der Waals surface area (Å²) in [7, 11) is 0. The molecule has 1 aromatic heterocycles. The standard InChI is InChI=1S/C21H13F3N2/c22-21(23,24)14-8-9-17-18(11-14)26-20(25-17)16-7-3-5-13-10-12-4-1-2-6-15(12)19(13)16/h1-9,11H,10H2,(H,25,26). The molecule has 3 aromatic carbocycles. The van der Waals surface area contributed by atoms with Gasteiger partial charge in [-0.1, -0.05) is 42.5 Å². The summed E-state index contributed by atoms with van der Waals surface area (Å²) in [5.74, 6) is 0.591. The van der Waals surface area contributed by atoms with E-state index in [0.29, 0.717) is 16.9 Å². The minimum absolute atomic E-state index is 0.388. The SMILES string of the molecule is FC(F)(F)c1ccc2nc(-c3cccc4c3-c3ccccc3C4)[nH]c2c1. The van der Waals surface area contributed by atoms with Gasteiger partial charge in [0, 0.05) is 5.56 Å². The lowest BCUT2D eigenvalue weighted by molar-refractivity contribution is -0.137. The molecular weight excluding hydrogens is 337 g/mol. The molecule has 1 aliphatic rings. The van der Waals surface area contributed by atoms with Crippen LogP contribution in [-0.4, -0.2) is 9.97 Å². The van der Waals surface area contributed by atoms with Crippen LogP contribution in [0.15, 0.2) is 60.7 Å². The van der Waals surface area contributed by atoms with E-state index in [4.69, 9.17) is 0 Å². The highest BCUT2D eigenvalue weighted by atomic mass is 19.4. The summed E-state index contributed by atoms with van der Waals surface area (Å²) in [6.45, 7) is 0. The Balaban J connectivity index is 1.70. The van der Waals surface area contributed by atoms with Crippen LogP contribution in [0.1, 0.15) is 16.7 Å². The maximum absolute atomic E-state index is 13.0. The molecule has 1 N–H and O–H groups in total. The van der Waals surface area contributed by atoms with E-state index in [1.807, 2.05) is 24.3 Å². The van der Waals surface area contributed by atoms with Crippen molar-refractivity contribution >= 4 is 11.0 Å². The first-order valence-electron chi connectivity index (χ1n) is 8.28. The molecule has 0 radical (unpaired) electrons. The molecule has 5 rings (SSSR count). The van der Waals surface area contributed by atoms with E-state index in [9.17, 15) is 13.2 Å². The molecule has 0 fully saturated rings. The number of hydrogen-bond donors (Lipinski definition) is 1. The molecule has 0 atom stereocenters. The summed E-state index contributed by atoms with van der Waals surface area (Å²) < 4.78 is 38.9. The van der Waals surface area contributed by atoms with Crippen LogP contribution in [0.4, 0.5) is 13.2 Å². The molecule has 4 aromatic rings. The van der Waals surface area contributed by atoms with Gasteiger partial charge in [-0.15, -0.1) is 0 Å². The smallest absolute Gasteiger partial charge is 0.338 e. The van der Waals surface area contributed by atoms with E-state index < -0.39 is 11.7 Å². The van der Waals surface area contributed by atoms with Gasteiger partial charge in [-0.05, 0) is 46.9 Å². The molecule has 0 saturated heterocycles. The molecule has 2 nitrogen and oxygen atoms in total. The molecule has 0 bridgehead atoms. The second-order valence-corrected chi connectivity index (χ2v) is 6.49. The quantitative estimate of drug-likeness (QED) is 0.405. The highest BCUT2D eigenvalue weighted by Crippen LogP contribution is 2.42. The van der Waals surface area contributed by atoms with Crippen molar-refractivity contribution in [1.82, 2.24) is 9.97 Å². The number of rotatable bonds is 1. The predicted molar refractivity (Wildman–Crippen MR) is 94.8 cm³/mol. The molecule has 0 spiro atoms. The Hall–Kier alpha value is -3.08. The molecule has 1 aliphatic carbocycles. The summed E-state index contributed by atoms with van der Waals surface area (Å²) in [6.07, 6.45) is -3.51. The average Bonchev–Trinajstić information content (AvgIpc) is 3.21. The summed E-state index contributed by atoms with van der Waals surface area (Å²) >= 11 is 0. The summed E-state index contributed by atoms with van der Waals surface area (Å²) in [6, 6.07) is 17.8. The van der Waals surface area contributed by atoms with Gasteiger partial charge < -0.3 is 4.98 Å². The van der Waals surface area contributed by atoms with Crippen LogP contribution < -0.4 is 0 Å². The number of nitrogens with zero attached hydrogens (tertiary/aromatic N) is 1. The van der Waals surface area contributed by atoms with Gasteiger partial charge in [0.15, 0.2) is 0 Å². The van der Waals surface area contributed by atoms with Crippen LogP contribution in [-0.2, 0) is 12.6 Å². The summed E-state index contributed by atoms with van der Waals surface area (Å²) in [5.41, 5.74) is 5.88. The molecule has 128 valence electrons. The number of fused-ring (bicyclic) bond motifs is 4. The molecule has 5 heteroatoms. The normalized spacial score (nSPS) is 13.0. The van der Waals surface area contributed by atoms with Crippen molar-refractivity contribution in [3.63, 3.8) is 0 Å². The molecular formula is C21H13F3N2. The first kappa shape index (κ1) is 15.2. The van der Waals surface area contributed by atoms with Gasteiger partial charge in [0.2, 0.25) is 0 Å². The third-order valence-corrected chi connectivity index (χ3v) is 4.88. The van der Waals surface area contributed by atoms with Crippen molar-refractivity contribution in [3.8, 4) is 22.5 Å². The Kier molecular flexibility index (Phi) is 3.04. The second-order valence-electron chi connectivity index (χ2n) is 6.49. The van der Waals surface area contributed by atoms with Crippen LogP contribution in [0.3, 0.4) is 0 Å². The number of aromatic nitrogens is 2. The zero-order chi connectivity index (χ0) is 17.9. The van der Waals surface area contributed by atoms with E-state index in [-0.39, 0.29) is 0 Å². The van der Waals surface area contributed by atoms with Gasteiger partial charge in [-0.3, -0.25) is 0 Å². The van der Waals surface area contributed by atoms with Gasteiger partial charge in [0.1, 0.15) is 5.82 Å². The van der Waals surface area contributed by atoms with Crippen molar-refractivity contribution < 1.29 is 13.2 Å². The molecule has 0 unspecified atom stereocenters. The van der Waals surface area contributed by atoms with Crippen LogP contribution >= 0.6 is 0 Å². The minimum Gasteiger partial charge on any atom is -0.338 e. The van der Waals surface area contributed by atoms with Crippen molar-refractivity contribution in [2.24, 2.45) is 0 Å². The van der Waals surface area contributed by atoms with Gasteiger partial charge >= 0.3 is 6.18 Å². The number of imidazole rings is 1. The second kappa shape index (κ2) is 5.21. The number of nitrogens with one attached hydrogen (secondary N) is 1. The van der Waals surface area contributed by atoms with E-state index in [0.717, 1.165) is 35.2 Å². The number of alkyl halides is 3. The maximum atomic E-state index is 13.0. The Bertz CT molecular complexity index is 1160. The van der Waals surface area contributed by atoms with Crippen molar-refractivity contribution in [3.05, 3.63) is 77.4 Å². The van der Waals surface area contributed by atoms with Crippen molar-refractivity contribution in [1.29, 1.82) is 0 Å². The fourth-order valence-electron chi connectivity index (χ4n) is 3.70. The van der Waals surface area contributed by atoms with Gasteiger partial charge in [-0.25, -0.2) is 4.98 Å². The van der Waals surface area contributed by atoms with Gasteiger partial charge in [0.05, 0.1) is 16.6 Å². The zero-order valence-electron chi connectivity index (χ0n) is 13.6. The fourth-order valence-corrected chi connectivity index (χ4v) is 3.70. The van der Waals surface area contributed by atoms with E-state index in [1.54, 1.807) is 0 Å². The highest BCUT2D eigenvalue weighted by Gasteiger charge is 2.31. The van der Waals surface area contributed by atoms with Crippen LogP contribution in [0.2, 0.25) is 0 Å². The van der Waals surface area contributed by atoms with E-state index in [1.165, 1.54) is 17.2 Å². The lowest BCUT2D eigenvalue weighted by Gasteiger charge is -2.07. The topological polar surface area (TPSA) is 28.7 Å². The fraction of sp³-hybridized carbons (Fsp3) is 0.0952. The lowest BCUT2D eigenvalue weighted by Crippen LogP contribution is -2.04. The molecule has 0 aliphatic heterocycles. The predicted octanol–water partition coefficient (Wildman–Crippen LogP) is 5.82. The Morgan fingerprint density at radius 2 is 1.62 bits per heavy atom. The summed E-state index contributed by atoms with van der Waals surface area (Å²) in [4.78, 5) is 7.61. The Labute approximate surface area is 147 Å². The third kappa shape index (κ3) is 2.24. The lowest BCUT2D eigenvalue weighted by atomic mass is 9.99. The van der Waals surface area contributed by atoms with E-state index >= 15 is 0 Å². The molecule has 1 heterocycles. The zero-order valence-corrected chi connectivity index (χ0v) is 13.6.